The Morgan fingerprint density at radius 2 is 2.12 bits per heavy atom. The number of fused-ring (bicyclic) bond motifs is 1. The van der Waals surface area contributed by atoms with Gasteiger partial charge in [0.1, 0.15) is 17.9 Å². The van der Waals surface area contributed by atoms with Gasteiger partial charge in [0.2, 0.25) is 0 Å². The van der Waals surface area contributed by atoms with Gasteiger partial charge in [-0.2, -0.15) is 0 Å². The Bertz CT molecular complexity index is 567. The minimum atomic E-state index is -0.349. The fraction of sp³-hybridized carbons (Fsp3) is 0.154. The Labute approximate surface area is 93.0 Å². The van der Waals surface area contributed by atoms with E-state index in [0.717, 1.165) is 5.39 Å². The molecule has 1 aromatic heterocycles. The van der Waals surface area contributed by atoms with Gasteiger partial charge in [-0.25, -0.2) is 4.79 Å². The minimum Gasteiger partial charge on any atom is -0.489 e. The molecule has 1 aromatic carbocycles. The van der Waals surface area contributed by atoms with Crippen LogP contribution in [-0.4, -0.2) is 6.61 Å². The first-order valence-corrected chi connectivity index (χ1v) is 5.07. The van der Waals surface area contributed by atoms with Crippen molar-refractivity contribution in [3.8, 4) is 5.75 Å². The van der Waals surface area contributed by atoms with Crippen LogP contribution in [0.2, 0.25) is 0 Å². The van der Waals surface area contributed by atoms with E-state index in [-0.39, 0.29) is 5.63 Å². The van der Waals surface area contributed by atoms with Crippen molar-refractivity contribution in [1.29, 1.82) is 0 Å². The Morgan fingerprint density at radius 1 is 1.31 bits per heavy atom. The average Bonchev–Trinajstić information content (AvgIpc) is 2.29. The molecule has 3 nitrogen and oxygen atoms in total. The number of hydrogen-bond acceptors (Lipinski definition) is 3. The molecule has 82 valence electrons. The highest BCUT2D eigenvalue weighted by Gasteiger charge is 1.99. The molecule has 0 unspecified atom stereocenters. The van der Waals surface area contributed by atoms with Gasteiger partial charge < -0.3 is 9.15 Å². The molecule has 0 spiro atoms. The first-order chi connectivity index (χ1) is 7.79. The van der Waals surface area contributed by atoms with Crippen LogP contribution in [0.25, 0.3) is 11.0 Å². The molecule has 1 heterocycles. The molecule has 3 heteroatoms. The van der Waals surface area contributed by atoms with E-state index in [1.54, 1.807) is 12.1 Å². The SMILES string of the molecule is CC=CCOc1ccc2ccc(=O)oc2c1. The highest BCUT2D eigenvalue weighted by Crippen LogP contribution is 2.19. The summed E-state index contributed by atoms with van der Waals surface area (Å²) in [5.41, 5.74) is 0.198. The lowest BCUT2D eigenvalue weighted by Gasteiger charge is -2.03. The minimum absolute atomic E-state index is 0.349. The summed E-state index contributed by atoms with van der Waals surface area (Å²) < 4.78 is 10.5. The average molecular weight is 216 g/mol. The molecule has 2 aromatic rings. The molecular formula is C13H12O3. The number of hydrogen-bond donors (Lipinski definition) is 0. The summed E-state index contributed by atoms with van der Waals surface area (Å²) in [6.07, 6.45) is 3.83. The lowest BCUT2D eigenvalue weighted by atomic mass is 10.2. The molecule has 0 radical (unpaired) electrons. The van der Waals surface area contributed by atoms with E-state index in [1.165, 1.54) is 6.07 Å². The van der Waals surface area contributed by atoms with Crippen LogP contribution in [-0.2, 0) is 0 Å². The number of benzene rings is 1. The maximum Gasteiger partial charge on any atom is 0.336 e. The van der Waals surface area contributed by atoms with Crippen molar-refractivity contribution in [2.75, 3.05) is 6.61 Å². The second-order valence-electron chi connectivity index (χ2n) is 3.33. The zero-order chi connectivity index (χ0) is 11.4. The van der Waals surface area contributed by atoms with Gasteiger partial charge in [-0.05, 0) is 25.1 Å². The summed E-state index contributed by atoms with van der Waals surface area (Å²) in [5.74, 6) is 0.694. The van der Waals surface area contributed by atoms with Crippen molar-refractivity contribution in [1.82, 2.24) is 0 Å². The van der Waals surface area contributed by atoms with Gasteiger partial charge in [0.05, 0.1) is 0 Å². The van der Waals surface area contributed by atoms with Crippen LogP contribution in [0, 0.1) is 0 Å². The molecule has 0 amide bonds. The molecule has 0 fully saturated rings. The quantitative estimate of drug-likeness (QED) is 0.585. The van der Waals surface area contributed by atoms with Crippen LogP contribution < -0.4 is 10.4 Å². The first kappa shape index (κ1) is 10.5. The van der Waals surface area contributed by atoms with E-state index in [1.807, 2.05) is 31.2 Å². The van der Waals surface area contributed by atoms with E-state index in [9.17, 15) is 4.79 Å². The molecule has 0 N–H and O–H groups in total. The maximum absolute atomic E-state index is 11.0. The number of ether oxygens (including phenoxy) is 1. The summed E-state index contributed by atoms with van der Waals surface area (Å²) in [4.78, 5) is 11.0. The second-order valence-corrected chi connectivity index (χ2v) is 3.33. The monoisotopic (exact) mass is 216 g/mol. The molecule has 2 rings (SSSR count). The smallest absolute Gasteiger partial charge is 0.336 e. The third-order valence-corrected chi connectivity index (χ3v) is 2.18. The highest BCUT2D eigenvalue weighted by molar-refractivity contribution is 5.77. The van der Waals surface area contributed by atoms with Gasteiger partial charge >= 0.3 is 5.63 Å². The molecule has 0 saturated heterocycles. The summed E-state index contributed by atoms with van der Waals surface area (Å²) in [6, 6.07) is 8.58. The Kier molecular flexibility index (Phi) is 3.05. The van der Waals surface area contributed by atoms with E-state index >= 15 is 0 Å². The van der Waals surface area contributed by atoms with E-state index in [4.69, 9.17) is 9.15 Å². The maximum atomic E-state index is 11.0. The van der Waals surface area contributed by atoms with Crippen LogP contribution in [0.15, 0.2) is 51.7 Å². The van der Waals surface area contributed by atoms with Gasteiger partial charge in [-0.3, -0.25) is 0 Å². The van der Waals surface area contributed by atoms with E-state index < -0.39 is 0 Å². The third-order valence-electron chi connectivity index (χ3n) is 2.18. The summed E-state index contributed by atoms with van der Waals surface area (Å²) >= 11 is 0. The fourth-order valence-electron chi connectivity index (χ4n) is 1.37. The molecule has 0 saturated carbocycles. The van der Waals surface area contributed by atoms with Crippen LogP contribution in [0.1, 0.15) is 6.92 Å². The van der Waals surface area contributed by atoms with Gasteiger partial charge in [0, 0.05) is 17.5 Å². The lowest BCUT2D eigenvalue weighted by Crippen LogP contribution is -1.96. The molecule has 0 aliphatic carbocycles. The largest absolute Gasteiger partial charge is 0.489 e. The fourth-order valence-corrected chi connectivity index (χ4v) is 1.37. The summed E-state index contributed by atoms with van der Waals surface area (Å²) in [6.45, 7) is 2.45. The Morgan fingerprint density at radius 3 is 2.94 bits per heavy atom. The molecule has 0 aliphatic rings. The van der Waals surface area contributed by atoms with Crippen molar-refractivity contribution < 1.29 is 9.15 Å². The standard InChI is InChI=1S/C13H12O3/c1-2-3-8-15-11-6-4-10-5-7-13(14)16-12(10)9-11/h2-7,9H,8H2,1H3. The second kappa shape index (κ2) is 4.66. The van der Waals surface area contributed by atoms with Gasteiger partial charge in [0.25, 0.3) is 0 Å². The lowest BCUT2D eigenvalue weighted by molar-refractivity contribution is 0.362. The molecule has 16 heavy (non-hydrogen) atoms. The van der Waals surface area contributed by atoms with Crippen molar-refractivity contribution >= 4 is 11.0 Å². The van der Waals surface area contributed by atoms with E-state index in [2.05, 4.69) is 0 Å². The molecule has 0 atom stereocenters. The zero-order valence-electron chi connectivity index (χ0n) is 8.97. The summed E-state index contributed by atoms with van der Waals surface area (Å²) in [5, 5.41) is 0.887. The molecule has 0 bridgehead atoms. The van der Waals surface area contributed by atoms with Crippen LogP contribution in [0.5, 0.6) is 5.75 Å². The Hall–Kier alpha value is -2.03. The predicted molar refractivity (Wildman–Crippen MR) is 62.8 cm³/mol. The predicted octanol–water partition coefficient (Wildman–Crippen LogP) is 2.75. The van der Waals surface area contributed by atoms with Gasteiger partial charge in [-0.1, -0.05) is 12.2 Å². The topological polar surface area (TPSA) is 39.4 Å². The number of allylic oxidation sites excluding steroid dienone is 1. The van der Waals surface area contributed by atoms with Crippen LogP contribution in [0.3, 0.4) is 0 Å². The van der Waals surface area contributed by atoms with Crippen molar-refractivity contribution in [3.63, 3.8) is 0 Å². The first-order valence-electron chi connectivity index (χ1n) is 5.07. The number of rotatable bonds is 3. The highest BCUT2D eigenvalue weighted by atomic mass is 16.5. The van der Waals surface area contributed by atoms with Gasteiger partial charge in [-0.15, -0.1) is 0 Å². The normalized spacial score (nSPS) is 11.1. The van der Waals surface area contributed by atoms with Crippen LogP contribution in [0.4, 0.5) is 0 Å². The van der Waals surface area contributed by atoms with Crippen molar-refractivity contribution in [2.24, 2.45) is 0 Å². The molecule has 0 aliphatic heterocycles. The van der Waals surface area contributed by atoms with E-state index in [0.29, 0.717) is 17.9 Å². The van der Waals surface area contributed by atoms with Gasteiger partial charge in [0.15, 0.2) is 0 Å². The third kappa shape index (κ3) is 2.31. The van der Waals surface area contributed by atoms with Crippen LogP contribution >= 0.6 is 0 Å². The molecular weight excluding hydrogens is 204 g/mol. The zero-order valence-corrected chi connectivity index (χ0v) is 8.97. The summed E-state index contributed by atoms with van der Waals surface area (Å²) in [7, 11) is 0. The Balaban J connectivity index is 2.31. The van der Waals surface area contributed by atoms with Crippen molar-refractivity contribution in [2.45, 2.75) is 6.92 Å². The van der Waals surface area contributed by atoms with Crippen molar-refractivity contribution in [3.05, 3.63) is 52.9 Å².